The Kier molecular flexibility index (Phi) is 3.85. The first-order chi connectivity index (χ1) is 7.19. The molecule has 0 unspecified atom stereocenters. The largest absolute Gasteiger partial charge is 0.496 e. The Morgan fingerprint density at radius 3 is 3.00 bits per heavy atom. The molecule has 15 heavy (non-hydrogen) atoms. The number of methoxy groups -OCH3 is 1. The summed E-state index contributed by atoms with van der Waals surface area (Å²) >= 11 is 0. The Morgan fingerprint density at radius 1 is 1.67 bits per heavy atom. The average molecular weight is 209 g/mol. The number of amides is 1. The first-order valence-electron chi connectivity index (χ1n) is 4.41. The van der Waals surface area contributed by atoms with Crippen LogP contribution in [0, 0.1) is 5.82 Å². The van der Waals surface area contributed by atoms with Gasteiger partial charge in [0.25, 0.3) is 5.91 Å². The summed E-state index contributed by atoms with van der Waals surface area (Å²) in [5, 5.41) is 2.55. The molecule has 80 valence electrons. The van der Waals surface area contributed by atoms with Crippen molar-refractivity contribution in [3.05, 3.63) is 42.2 Å². The van der Waals surface area contributed by atoms with Gasteiger partial charge in [-0.25, -0.2) is 4.39 Å². The van der Waals surface area contributed by atoms with E-state index in [1.165, 1.54) is 19.2 Å². The number of nitrogens with one attached hydrogen (secondary N) is 1. The molecule has 0 spiro atoms. The van der Waals surface area contributed by atoms with Crippen molar-refractivity contribution in [2.75, 3.05) is 13.7 Å². The molecule has 0 fully saturated rings. The van der Waals surface area contributed by atoms with Gasteiger partial charge in [0.1, 0.15) is 11.6 Å². The summed E-state index contributed by atoms with van der Waals surface area (Å²) in [4.78, 5) is 11.5. The number of hydrogen-bond acceptors (Lipinski definition) is 2. The van der Waals surface area contributed by atoms with Crippen molar-refractivity contribution < 1.29 is 13.9 Å². The van der Waals surface area contributed by atoms with Gasteiger partial charge in [0, 0.05) is 6.54 Å². The minimum Gasteiger partial charge on any atom is -0.496 e. The number of rotatable bonds is 4. The lowest BCUT2D eigenvalue weighted by atomic mass is 10.2. The van der Waals surface area contributed by atoms with Crippen molar-refractivity contribution in [1.29, 1.82) is 0 Å². The van der Waals surface area contributed by atoms with Crippen LogP contribution in [0.2, 0.25) is 0 Å². The SMILES string of the molecule is C=CCNC(=O)c1cc(F)ccc1OC. The van der Waals surface area contributed by atoms with Gasteiger partial charge < -0.3 is 10.1 Å². The number of ether oxygens (including phenoxy) is 1. The summed E-state index contributed by atoms with van der Waals surface area (Å²) in [5.41, 5.74) is 0.180. The quantitative estimate of drug-likeness (QED) is 0.767. The van der Waals surface area contributed by atoms with E-state index >= 15 is 0 Å². The molecule has 1 rings (SSSR count). The van der Waals surface area contributed by atoms with Gasteiger partial charge >= 0.3 is 0 Å². The molecule has 0 saturated heterocycles. The molecule has 1 aromatic rings. The minimum absolute atomic E-state index is 0.180. The van der Waals surface area contributed by atoms with Crippen LogP contribution in [0.15, 0.2) is 30.9 Å². The summed E-state index contributed by atoms with van der Waals surface area (Å²) in [6.45, 7) is 3.80. The van der Waals surface area contributed by atoms with Gasteiger partial charge in [0.15, 0.2) is 0 Å². The molecule has 1 amide bonds. The van der Waals surface area contributed by atoms with Crippen molar-refractivity contribution >= 4 is 5.91 Å². The molecule has 1 N–H and O–H groups in total. The molecule has 0 aromatic heterocycles. The molecule has 0 heterocycles. The maximum Gasteiger partial charge on any atom is 0.255 e. The van der Waals surface area contributed by atoms with Crippen molar-refractivity contribution in [2.24, 2.45) is 0 Å². The number of benzene rings is 1. The Morgan fingerprint density at radius 2 is 2.40 bits per heavy atom. The lowest BCUT2D eigenvalue weighted by molar-refractivity contribution is 0.0954. The van der Waals surface area contributed by atoms with Crippen LogP contribution in [-0.2, 0) is 0 Å². The monoisotopic (exact) mass is 209 g/mol. The zero-order valence-electron chi connectivity index (χ0n) is 8.42. The van der Waals surface area contributed by atoms with Crippen LogP contribution in [0.3, 0.4) is 0 Å². The van der Waals surface area contributed by atoms with Crippen LogP contribution in [0.1, 0.15) is 10.4 Å². The normalized spacial score (nSPS) is 9.47. The van der Waals surface area contributed by atoms with E-state index in [1.807, 2.05) is 0 Å². The maximum absolute atomic E-state index is 12.9. The van der Waals surface area contributed by atoms with E-state index in [2.05, 4.69) is 11.9 Å². The fourth-order valence-electron chi connectivity index (χ4n) is 1.12. The summed E-state index contributed by atoms with van der Waals surface area (Å²) in [5.74, 6) is -0.510. The van der Waals surface area contributed by atoms with E-state index in [4.69, 9.17) is 4.74 Å². The molecule has 0 saturated carbocycles. The zero-order valence-corrected chi connectivity index (χ0v) is 8.42. The van der Waals surface area contributed by atoms with Gasteiger partial charge in [-0.15, -0.1) is 6.58 Å². The third-order valence-electron chi connectivity index (χ3n) is 1.81. The molecule has 3 nitrogen and oxygen atoms in total. The molecule has 0 radical (unpaired) electrons. The van der Waals surface area contributed by atoms with Crippen molar-refractivity contribution in [3.8, 4) is 5.75 Å². The van der Waals surface area contributed by atoms with Gasteiger partial charge in [-0.2, -0.15) is 0 Å². The fraction of sp³-hybridized carbons (Fsp3) is 0.182. The molecule has 0 aliphatic carbocycles. The Balaban J connectivity index is 2.94. The van der Waals surface area contributed by atoms with Gasteiger partial charge in [-0.05, 0) is 18.2 Å². The summed E-state index contributed by atoms with van der Waals surface area (Å²) < 4.78 is 17.9. The van der Waals surface area contributed by atoms with Crippen LogP contribution >= 0.6 is 0 Å². The third kappa shape index (κ3) is 2.80. The highest BCUT2D eigenvalue weighted by Crippen LogP contribution is 2.18. The van der Waals surface area contributed by atoms with Crippen molar-refractivity contribution in [2.45, 2.75) is 0 Å². The lowest BCUT2D eigenvalue weighted by Crippen LogP contribution is -2.23. The number of carbonyl (C=O) groups is 1. The van der Waals surface area contributed by atoms with Crippen molar-refractivity contribution in [1.82, 2.24) is 5.32 Å². The van der Waals surface area contributed by atoms with Gasteiger partial charge in [-0.3, -0.25) is 4.79 Å². The molecule has 1 aromatic carbocycles. The smallest absolute Gasteiger partial charge is 0.255 e. The zero-order chi connectivity index (χ0) is 11.3. The second kappa shape index (κ2) is 5.14. The van der Waals surface area contributed by atoms with Gasteiger partial charge in [0.05, 0.1) is 12.7 Å². The maximum atomic E-state index is 12.9. The average Bonchev–Trinajstić information content (AvgIpc) is 2.25. The number of halogens is 1. The topological polar surface area (TPSA) is 38.3 Å². The Labute approximate surface area is 87.6 Å². The van der Waals surface area contributed by atoms with E-state index in [0.29, 0.717) is 12.3 Å². The van der Waals surface area contributed by atoms with Crippen LogP contribution < -0.4 is 10.1 Å². The fourth-order valence-corrected chi connectivity index (χ4v) is 1.12. The predicted molar refractivity (Wildman–Crippen MR) is 55.5 cm³/mol. The van der Waals surface area contributed by atoms with Crippen LogP contribution in [0.25, 0.3) is 0 Å². The van der Waals surface area contributed by atoms with E-state index < -0.39 is 5.82 Å². The molecule has 4 heteroatoms. The van der Waals surface area contributed by atoms with E-state index in [-0.39, 0.29) is 11.5 Å². The van der Waals surface area contributed by atoms with E-state index in [9.17, 15) is 9.18 Å². The van der Waals surface area contributed by atoms with E-state index in [0.717, 1.165) is 6.07 Å². The molecule has 0 aliphatic rings. The van der Waals surface area contributed by atoms with Crippen LogP contribution in [0.5, 0.6) is 5.75 Å². The highest BCUT2D eigenvalue weighted by Gasteiger charge is 2.12. The first kappa shape index (κ1) is 11.2. The number of hydrogen-bond donors (Lipinski definition) is 1. The van der Waals surface area contributed by atoms with Crippen molar-refractivity contribution in [3.63, 3.8) is 0 Å². The highest BCUT2D eigenvalue weighted by molar-refractivity contribution is 5.97. The molecule has 0 bridgehead atoms. The van der Waals surface area contributed by atoms with E-state index in [1.54, 1.807) is 6.08 Å². The molecular formula is C11H12FNO2. The summed E-state index contributed by atoms with van der Waals surface area (Å²) in [6.07, 6.45) is 1.55. The Hall–Kier alpha value is -1.84. The van der Waals surface area contributed by atoms with Crippen LogP contribution in [-0.4, -0.2) is 19.6 Å². The second-order valence-electron chi connectivity index (χ2n) is 2.84. The molecule has 0 aliphatic heterocycles. The van der Waals surface area contributed by atoms with Gasteiger partial charge in [0.2, 0.25) is 0 Å². The first-order valence-corrected chi connectivity index (χ1v) is 4.41. The number of carbonyl (C=O) groups excluding carboxylic acids is 1. The molecule has 0 atom stereocenters. The highest BCUT2D eigenvalue weighted by atomic mass is 19.1. The summed E-state index contributed by atoms with van der Waals surface area (Å²) in [6, 6.07) is 3.79. The molecular weight excluding hydrogens is 197 g/mol. The van der Waals surface area contributed by atoms with Gasteiger partial charge in [-0.1, -0.05) is 6.08 Å². The third-order valence-corrected chi connectivity index (χ3v) is 1.81. The van der Waals surface area contributed by atoms with Crippen LogP contribution in [0.4, 0.5) is 4.39 Å². The summed E-state index contributed by atoms with van der Waals surface area (Å²) in [7, 11) is 1.43. The predicted octanol–water partition coefficient (Wildman–Crippen LogP) is 1.75. The Bertz CT molecular complexity index is 377. The lowest BCUT2D eigenvalue weighted by Gasteiger charge is -2.07. The minimum atomic E-state index is -0.473. The standard InChI is InChI=1S/C11H12FNO2/c1-3-6-13-11(14)9-7-8(12)4-5-10(9)15-2/h3-5,7H,1,6H2,2H3,(H,13,14). The second-order valence-corrected chi connectivity index (χ2v) is 2.84.